The summed E-state index contributed by atoms with van der Waals surface area (Å²) >= 11 is 0. The largest absolute Gasteiger partial charge is 0.467 e. The van der Waals surface area contributed by atoms with E-state index in [0.717, 1.165) is 26.0 Å². The molecular weight excluding hydrogens is 314 g/mol. The first-order valence-corrected chi connectivity index (χ1v) is 6.37. The van der Waals surface area contributed by atoms with E-state index in [1.807, 2.05) is 0 Å². The summed E-state index contributed by atoms with van der Waals surface area (Å²) < 4.78 is 14.5. The number of hydrogen-bond acceptors (Lipinski definition) is 9. The zero-order chi connectivity index (χ0) is 17.4. The number of aromatic nitrogens is 2. The highest BCUT2D eigenvalue weighted by Gasteiger charge is 2.58. The molecule has 0 aliphatic heterocycles. The summed E-state index contributed by atoms with van der Waals surface area (Å²) in [6, 6.07) is 0. The molecule has 0 aromatic carbocycles. The quantitative estimate of drug-likeness (QED) is 0.317. The molecule has 23 heavy (non-hydrogen) atoms. The third-order valence-electron chi connectivity index (χ3n) is 3.49. The van der Waals surface area contributed by atoms with Crippen LogP contribution in [0.3, 0.4) is 0 Å². The van der Waals surface area contributed by atoms with Gasteiger partial charge in [0, 0.05) is 0 Å². The molecule has 0 bridgehead atoms. The molecule has 0 atom stereocenters. The number of rotatable bonds is 5. The molecule has 1 aliphatic rings. The lowest BCUT2D eigenvalue weighted by molar-refractivity contribution is -0.385. The van der Waals surface area contributed by atoms with E-state index in [4.69, 9.17) is 0 Å². The van der Waals surface area contributed by atoms with Crippen molar-refractivity contribution in [3.8, 4) is 0 Å². The van der Waals surface area contributed by atoms with Gasteiger partial charge in [-0.05, 0) is 12.8 Å². The molecule has 1 aliphatic carbocycles. The van der Waals surface area contributed by atoms with Crippen molar-refractivity contribution in [2.45, 2.75) is 18.4 Å². The van der Waals surface area contributed by atoms with E-state index >= 15 is 0 Å². The van der Waals surface area contributed by atoms with Crippen LogP contribution in [0.15, 0.2) is 0 Å². The van der Waals surface area contributed by atoms with E-state index in [9.17, 15) is 24.5 Å². The van der Waals surface area contributed by atoms with Crippen molar-refractivity contribution in [1.29, 1.82) is 0 Å². The number of nitrogens with zero attached hydrogens (tertiary/aromatic N) is 3. The van der Waals surface area contributed by atoms with Gasteiger partial charge in [-0.15, -0.1) is 0 Å². The molecule has 1 fully saturated rings. The Balaban J connectivity index is 2.77. The van der Waals surface area contributed by atoms with Crippen molar-refractivity contribution in [3.63, 3.8) is 0 Å². The first-order chi connectivity index (χ1) is 10.8. The van der Waals surface area contributed by atoms with Crippen molar-refractivity contribution >= 4 is 23.6 Å². The number of esters is 3. The second-order valence-electron chi connectivity index (χ2n) is 4.72. The Bertz CT molecular complexity index is 703. The maximum atomic E-state index is 12.0. The Hall–Kier alpha value is -2.98. The van der Waals surface area contributed by atoms with Crippen molar-refractivity contribution < 1.29 is 33.5 Å². The minimum atomic E-state index is -1.37. The zero-order valence-electron chi connectivity index (χ0n) is 12.5. The minimum Gasteiger partial charge on any atom is -0.467 e. The lowest BCUT2D eigenvalue weighted by atomic mass is 10.2. The Morgan fingerprint density at radius 1 is 1.13 bits per heavy atom. The molecule has 0 saturated heterocycles. The third kappa shape index (κ3) is 2.39. The molecular formula is C12H13N3O8. The Kier molecular flexibility index (Phi) is 4.04. The number of carbonyl (C=O) groups is 3. The van der Waals surface area contributed by atoms with Crippen LogP contribution >= 0.6 is 0 Å². The average Bonchev–Trinajstić information content (AvgIpc) is 3.25. The topological polar surface area (TPSA) is 140 Å². The van der Waals surface area contributed by atoms with Crippen molar-refractivity contribution in [1.82, 2.24) is 9.78 Å². The van der Waals surface area contributed by atoms with Crippen LogP contribution in [0.2, 0.25) is 0 Å². The van der Waals surface area contributed by atoms with Crippen LogP contribution in [0.4, 0.5) is 5.69 Å². The third-order valence-corrected chi connectivity index (χ3v) is 3.49. The summed E-state index contributed by atoms with van der Waals surface area (Å²) in [7, 11) is 3.16. The van der Waals surface area contributed by atoms with E-state index in [-0.39, 0.29) is 12.8 Å². The van der Waals surface area contributed by atoms with Gasteiger partial charge in [0.05, 0.1) is 26.3 Å². The predicted molar refractivity (Wildman–Crippen MR) is 70.8 cm³/mol. The Labute approximate surface area is 129 Å². The van der Waals surface area contributed by atoms with Crippen molar-refractivity contribution in [2.24, 2.45) is 0 Å². The summed E-state index contributed by atoms with van der Waals surface area (Å²) in [4.78, 5) is 46.0. The summed E-state index contributed by atoms with van der Waals surface area (Å²) in [6.07, 6.45) is 0.506. The molecule has 1 saturated carbocycles. The Morgan fingerprint density at radius 3 is 2.09 bits per heavy atom. The molecule has 0 N–H and O–H groups in total. The number of nitro groups is 1. The first-order valence-electron chi connectivity index (χ1n) is 6.37. The molecule has 0 unspecified atom stereocenters. The van der Waals surface area contributed by atoms with Gasteiger partial charge in [0.15, 0.2) is 5.54 Å². The van der Waals surface area contributed by atoms with Gasteiger partial charge in [-0.1, -0.05) is 0 Å². The molecule has 0 spiro atoms. The van der Waals surface area contributed by atoms with Crippen LogP contribution in [-0.2, 0) is 24.5 Å². The lowest BCUT2D eigenvalue weighted by Crippen LogP contribution is -2.33. The van der Waals surface area contributed by atoms with Gasteiger partial charge in [-0.2, -0.15) is 5.10 Å². The van der Waals surface area contributed by atoms with Crippen LogP contribution in [0, 0.1) is 10.1 Å². The normalized spacial score (nSPS) is 14.7. The number of ether oxygens (including phenoxy) is 3. The van der Waals surface area contributed by atoms with E-state index in [1.165, 1.54) is 0 Å². The van der Waals surface area contributed by atoms with E-state index in [2.05, 4.69) is 19.3 Å². The zero-order valence-corrected chi connectivity index (χ0v) is 12.5. The Morgan fingerprint density at radius 2 is 1.70 bits per heavy atom. The molecule has 124 valence electrons. The smallest absolute Gasteiger partial charge is 0.365 e. The highest BCUT2D eigenvalue weighted by molar-refractivity contribution is 6.01. The fraction of sp³-hybridized carbons (Fsp3) is 0.500. The lowest BCUT2D eigenvalue weighted by Gasteiger charge is -2.14. The second kappa shape index (κ2) is 5.66. The molecule has 2 rings (SSSR count). The molecule has 11 nitrogen and oxygen atoms in total. The number of carbonyl (C=O) groups excluding carboxylic acids is 3. The van der Waals surface area contributed by atoms with Crippen molar-refractivity contribution in [3.05, 3.63) is 21.5 Å². The van der Waals surface area contributed by atoms with Gasteiger partial charge in [0.25, 0.3) is 0 Å². The highest BCUT2D eigenvalue weighted by atomic mass is 16.6. The summed E-state index contributed by atoms with van der Waals surface area (Å²) in [5, 5.41) is 15.1. The SMILES string of the molecule is COC(=O)c1nn(C2(C(=O)OC)CC2)c(C(=O)OC)c1[N+](=O)[O-]. The van der Waals surface area contributed by atoms with Crippen LogP contribution in [0.25, 0.3) is 0 Å². The maximum Gasteiger partial charge on any atom is 0.365 e. The van der Waals surface area contributed by atoms with E-state index in [0.29, 0.717) is 0 Å². The van der Waals surface area contributed by atoms with Crippen LogP contribution in [0.1, 0.15) is 33.8 Å². The molecule has 1 aromatic heterocycles. The molecule has 0 radical (unpaired) electrons. The summed E-state index contributed by atoms with van der Waals surface area (Å²) in [5.74, 6) is -2.94. The highest BCUT2D eigenvalue weighted by Crippen LogP contribution is 2.46. The van der Waals surface area contributed by atoms with Crippen LogP contribution in [0.5, 0.6) is 0 Å². The molecule has 0 amide bonds. The minimum absolute atomic E-state index is 0.253. The van der Waals surface area contributed by atoms with Gasteiger partial charge in [-0.25, -0.2) is 19.1 Å². The number of methoxy groups -OCH3 is 3. The van der Waals surface area contributed by atoms with Crippen LogP contribution < -0.4 is 0 Å². The molecule has 11 heteroatoms. The van der Waals surface area contributed by atoms with E-state index < -0.39 is 45.4 Å². The van der Waals surface area contributed by atoms with Crippen molar-refractivity contribution in [2.75, 3.05) is 21.3 Å². The fourth-order valence-corrected chi connectivity index (χ4v) is 2.22. The first kappa shape index (κ1) is 16.4. The monoisotopic (exact) mass is 327 g/mol. The molecule has 1 heterocycles. The summed E-state index contributed by atoms with van der Waals surface area (Å²) in [6.45, 7) is 0. The standard InChI is InChI=1S/C12H13N3O8/c1-21-9(16)6-7(15(19)20)8(10(17)22-2)14(13-6)12(4-5-12)11(18)23-3/h4-5H2,1-3H3. The predicted octanol–water partition coefficient (Wildman–Crippen LogP) is 0.0266. The fourth-order valence-electron chi connectivity index (χ4n) is 2.22. The van der Waals surface area contributed by atoms with Gasteiger partial charge in [0.2, 0.25) is 11.4 Å². The molecule has 1 aromatic rings. The van der Waals surface area contributed by atoms with Gasteiger partial charge < -0.3 is 14.2 Å². The van der Waals surface area contributed by atoms with Gasteiger partial charge in [-0.3, -0.25) is 10.1 Å². The number of hydrogen-bond donors (Lipinski definition) is 0. The van der Waals surface area contributed by atoms with Gasteiger partial charge >= 0.3 is 23.6 Å². The van der Waals surface area contributed by atoms with Crippen LogP contribution in [-0.4, -0.2) is 53.9 Å². The van der Waals surface area contributed by atoms with Gasteiger partial charge in [0.1, 0.15) is 0 Å². The second-order valence-corrected chi connectivity index (χ2v) is 4.72. The van der Waals surface area contributed by atoms with E-state index in [1.54, 1.807) is 0 Å². The maximum absolute atomic E-state index is 12.0. The summed E-state index contributed by atoms with van der Waals surface area (Å²) in [5.41, 5.74) is -3.54. The average molecular weight is 327 g/mol.